The minimum absolute atomic E-state index is 0.357. The van der Waals surface area contributed by atoms with Crippen molar-refractivity contribution in [2.24, 2.45) is 5.92 Å². The Morgan fingerprint density at radius 2 is 2.33 bits per heavy atom. The number of aryl methyl sites for hydroxylation is 1. The second kappa shape index (κ2) is 3.89. The third kappa shape index (κ3) is 1.94. The normalized spacial score (nSPS) is 18.6. The lowest BCUT2D eigenvalue weighted by Gasteiger charge is -2.16. The van der Waals surface area contributed by atoms with Gasteiger partial charge in [-0.05, 0) is 29.5 Å². The smallest absolute Gasteiger partial charge is 0.310 e. The molecule has 1 aromatic rings. The van der Waals surface area contributed by atoms with Crippen LogP contribution in [0.4, 0.5) is 0 Å². The molecule has 1 atom stereocenters. The minimum Gasteiger partial charge on any atom is -0.481 e. The van der Waals surface area contributed by atoms with Crippen LogP contribution in [0.15, 0.2) is 24.3 Å². The van der Waals surface area contributed by atoms with Gasteiger partial charge in [0.15, 0.2) is 0 Å². The molecule has 1 aliphatic carbocycles. The van der Waals surface area contributed by atoms with Gasteiger partial charge < -0.3 is 5.11 Å². The molecule has 1 aromatic carbocycles. The van der Waals surface area contributed by atoms with E-state index >= 15 is 0 Å². The molecule has 0 aromatic heterocycles. The number of rotatable bonds is 2. The van der Waals surface area contributed by atoms with E-state index in [1.807, 2.05) is 12.1 Å². The van der Waals surface area contributed by atoms with Crippen molar-refractivity contribution >= 4 is 12.0 Å². The number of carbonyl (C=O) groups is 1. The number of carboxylic acids is 1. The highest BCUT2D eigenvalue weighted by atomic mass is 16.4. The fraction of sp³-hybridized carbons (Fsp3) is 0.308. The maximum absolute atomic E-state index is 10.8. The van der Waals surface area contributed by atoms with Gasteiger partial charge in [-0.1, -0.05) is 37.3 Å². The highest BCUT2D eigenvalue weighted by Crippen LogP contribution is 2.24. The number of aliphatic carboxylic acids is 1. The molecule has 0 radical (unpaired) electrons. The molecule has 15 heavy (non-hydrogen) atoms. The van der Waals surface area contributed by atoms with Crippen LogP contribution >= 0.6 is 0 Å². The molecule has 0 spiro atoms. The summed E-state index contributed by atoms with van der Waals surface area (Å²) in [5, 5.41) is 8.91. The van der Waals surface area contributed by atoms with Crippen LogP contribution < -0.4 is 0 Å². The number of benzene rings is 1. The van der Waals surface area contributed by atoms with Gasteiger partial charge in [0, 0.05) is 0 Å². The van der Waals surface area contributed by atoms with Crippen LogP contribution in [0.2, 0.25) is 0 Å². The van der Waals surface area contributed by atoms with Gasteiger partial charge in [0.1, 0.15) is 0 Å². The monoisotopic (exact) mass is 202 g/mol. The molecule has 0 aliphatic heterocycles. The lowest BCUT2D eigenvalue weighted by Crippen LogP contribution is -2.16. The van der Waals surface area contributed by atoms with Crippen molar-refractivity contribution in [3.63, 3.8) is 0 Å². The predicted molar refractivity (Wildman–Crippen MR) is 59.7 cm³/mol. The summed E-state index contributed by atoms with van der Waals surface area (Å²) in [7, 11) is 0. The summed E-state index contributed by atoms with van der Waals surface area (Å²) in [5.74, 6) is -1.10. The topological polar surface area (TPSA) is 37.3 Å². The second-order valence-electron chi connectivity index (χ2n) is 3.89. The number of fused-ring (bicyclic) bond motifs is 1. The fourth-order valence-electron chi connectivity index (χ4n) is 1.90. The first-order chi connectivity index (χ1) is 7.20. The molecule has 1 N–H and O–H groups in total. The number of hydrogen-bond donors (Lipinski definition) is 1. The molecule has 1 aliphatic rings. The molecular weight excluding hydrogens is 188 g/mol. The van der Waals surface area contributed by atoms with Crippen molar-refractivity contribution in [3.8, 4) is 0 Å². The van der Waals surface area contributed by atoms with Gasteiger partial charge in [-0.15, -0.1) is 0 Å². The Morgan fingerprint density at radius 1 is 1.53 bits per heavy atom. The first-order valence-corrected chi connectivity index (χ1v) is 5.23. The highest BCUT2D eigenvalue weighted by Gasteiger charge is 2.19. The first-order valence-electron chi connectivity index (χ1n) is 5.23. The molecule has 0 amide bonds. The zero-order chi connectivity index (χ0) is 10.8. The molecule has 2 heteroatoms. The molecule has 2 rings (SSSR count). The van der Waals surface area contributed by atoms with Crippen LogP contribution in [0.25, 0.3) is 6.08 Å². The standard InChI is InChI=1S/C13H14O2/c1-2-9-3-4-11-8-12(13(14)15)6-5-10(11)7-9/h3-7,12H,2,8H2,1H3,(H,14,15). The first kappa shape index (κ1) is 9.97. The molecule has 78 valence electrons. The average Bonchev–Trinajstić information content (AvgIpc) is 2.27. The van der Waals surface area contributed by atoms with Crippen LogP contribution in [0, 0.1) is 5.92 Å². The van der Waals surface area contributed by atoms with Crippen molar-refractivity contribution in [2.45, 2.75) is 19.8 Å². The predicted octanol–water partition coefficient (Wildman–Crippen LogP) is 2.52. The largest absolute Gasteiger partial charge is 0.481 e. The van der Waals surface area contributed by atoms with Crippen molar-refractivity contribution < 1.29 is 9.90 Å². The summed E-state index contributed by atoms with van der Waals surface area (Å²) < 4.78 is 0. The molecule has 0 heterocycles. The van der Waals surface area contributed by atoms with Crippen LogP contribution in [-0.2, 0) is 17.6 Å². The van der Waals surface area contributed by atoms with Gasteiger partial charge >= 0.3 is 5.97 Å². The molecule has 0 saturated carbocycles. The summed E-state index contributed by atoms with van der Waals surface area (Å²) >= 11 is 0. The molecule has 1 unspecified atom stereocenters. The van der Waals surface area contributed by atoms with Gasteiger partial charge in [-0.25, -0.2) is 0 Å². The second-order valence-corrected chi connectivity index (χ2v) is 3.89. The molecular formula is C13H14O2. The zero-order valence-corrected chi connectivity index (χ0v) is 8.73. The summed E-state index contributed by atoms with van der Waals surface area (Å²) in [6.07, 6.45) is 5.34. The van der Waals surface area contributed by atoms with Gasteiger partial charge in [-0.3, -0.25) is 4.79 Å². The van der Waals surface area contributed by atoms with Crippen molar-refractivity contribution in [3.05, 3.63) is 41.0 Å². The minimum atomic E-state index is -0.739. The maximum atomic E-state index is 10.8. The third-order valence-electron chi connectivity index (χ3n) is 2.88. The van der Waals surface area contributed by atoms with Crippen molar-refractivity contribution in [1.29, 1.82) is 0 Å². The Kier molecular flexibility index (Phi) is 2.58. The highest BCUT2D eigenvalue weighted by molar-refractivity contribution is 5.76. The van der Waals surface area contributed by atoms with Gasteiger partial charge in [-0.2, -0.15) is 0 Å². The van der Waals surface area contributed by atoms with Crippen molar-refractivity contribution in [1.82, 2.24) is 0 Å². The summed E-state index contributed by atoms with van der Waals surface area (Å²) in [6, 6.07) is 6.27. The van der Waals surface area contributed by atoms with E-state index in [0.717, 1.165) is 12.0 Å². The molecule has 0 bridgehead atoms. The fourth-order valence-corrected chi connectivity index (χ4v) is 1.90. The molecule has 2 nitrogen and oxygen atoms in total. The lowest BCUT2D eigenvalue weighted by atomic mass is 9.88. The summed E-state index contributed by atoms with van der Waals surface area (Å²) in [6.45, 7) is 2.12. The third-order valence-corrected chi connectivity index (χ3v) is 2.88. The molecule has 0 fully saturated rings. The van der Waals surface area contributed by atoms with E-state index in [2.05, 4.69) is 19.1 Å². The van der Waals surface area contributed by atoms with Gasteiger partial charge in [0.05, 0.1) is 5.92 Å². The number of hydrogen-bond acceptors (Lipinski definition) is 1. The van der Waals surface area contributed by atoms with Gasteiger partial charge in [0.25, 0.3) is 0 Å². The molecule has 0 saturated heterocycles. The van der Waals surface area contributed by atoms with Crippen LogP contribution in [0.5, 0.6) is 0 Å². The maximum Gasteiger partial charge on any atom is 0.310 e. The van der Waals surface area contributed by atoms with E-state index in [0.29, 0.717) is 6.42 Å². The quantitative estimate of drug-likeness (QED) is 0.800. The van der Waals surface area contributed by atoms with Crippen LogP contribution in [-0.4, -0.2) is 11.1 Å². The van der Waals surface area contributed by atoms with E-state index in [9.17, 15) is 4.79 Å². The Morgan fingerprint density at radius 3 is 3.00 bits per heavy atom. The lowest BCUT2D eigenvalue weighted by molar-refractivity contribution is -0.140. The van der Waals surface area contributed by atoms with E-state index in [1.54, 1.807) is 6.08 Å². The Labute approximate surface area is 89.2 Å². The van der Waals surface area contributed by atoms with Crippen LogP contribution in [0.3, 0.4) is 0 Å². The number of carboxylic acid groups (broad SMARTS) is 1. The summed E-state index contributed by atoms with van der Waals surface area (Å²) in [5.41, 5.74) is 3.61. The zero-order valence-electron chi connectivity index (χ0n) is 8.73. The average molecular weight is 202 g/mol. The SMILES string of the molecule is CCc1ccc2c(c1)C=CC(C(=O)O)C2. The van der Waals surface area contributed by atoms with Gasteiger partial charge in [0.2, 0.25) is 0 Å². The Bertz CT molecular complexity index is 419. The Balaban J connectivity index is 2.32. The van der Waals surface area contributed by atoms with E-state index in [-0.39, 0.29) is 5.92 Å². The van der Waals surface area contributed by atoms with Crippen LogP contribution in [0.1, 0.15) is 23.6 Å². The van der Waals surface area contributed by atoms with E-state index in [4.69, 9.17) is 5.11 Å². The Hall–Kier alpha value is -1.57. The van der Waals surface area contributed by atoms with Crippen molar-refractivity contribution in [2.75, 3.05) is 0 Å². The summed E-state index contributed by atoms with van der Waals surface area (Å²) in [4.78, 5) is 10.8. The van der Waals surface area contributed by atoms with E-state index < -0.39 is 5.97 Å². The van der Waals surface area contributed by atoms with E-state index in [1.165, 1.54) is 11.1 Å².